The van der Waals surface area contributed by atoms with E-state index < -0.39 is 0 Å². The Morgan fingerprint density at radius 2 is 2.20 bits per heavy atom. The fourth-order valence-electron chi connectivity index (χ4n) is 2.92. The summed E-state index contributed by atoms with van der Waals surface area (Å²) >= 11 is 0. The Balaban J connectivity index is 1.84. The molecule has 0 radical (unpaired) electrons. The number of hydrogen-bond acceptors (Lipinski definition) is 4. The molecule has 1 aliphatic carbocycles. The number of aryl methyl sites for hydroxylation is 1. The SMILES string of the molecule is COCCNc1nc(C)cn1CCN(C)C1CCCC1. The van der Waals surface area contributed by atoms with Gasteiger partial charge in [0.15, 0.2) is 0 Å². The van der Waals surface area contributed by atoms with Crippen LogP contribution in [0.3, 0.4) is 0 Å². The van der Waals surface area contributed by atoms with Gasteiger partial charge < -0.3 is 19.5 Å². The van der Waals surface area contributed by atoms with Gasteiger partial charge in [-0.2, -0.15) is 0 Å². The molecule has 0 spiro atoms. The molecule has 0 bridgehead atoms. The van der Waals surface area contributed by atoms with Gasteiger partial charge >= 0.3 is 0 Å². The first kappa shape index (κ1) is 15.3. The van der Waals surface area contributed by atoms with Gasteiger partial charge in [-0.05, 0) is 26.8 Å². The zero-order valence-corrected chi connectivity index (χ0v) is 13.1. The van der Waals surface area contributed by atoms with Gasteiger partial charge in [-0.3, -0.25) is 0 Å². The van der Waals surface area contributed by atoms with Crippen molar-refractivity contribution in [3.63, 3.8) is 0 Å². The van der Waals surface area contributed by atoms with Crippen molar-refractivity contribution in [1.82, 2.24) is 14.5 Å². The molecule has 0 saturated heterocycles. The molecule has 1 N–H and O–H groups in total. The molecule has 20 heavy (non-hydrogen) atoms. The molecular weight excluding hydrogens is 252 g/mol. The molecule has 1 fully saturated rings. The van der Waals surface area contributed by atoms with Gasteiger partial charge in [0.1, 0.15) is 0 Å². The van der Waals surface area contributed by atoms with E-state index in [1.807, 2.05) is 6.92 Å². The average Bonchev–Trinajstić information content (AvgIpc) is 3.06. The molecule has 1 aromatic rings. The minimum Gasteiger partial charge on any atom is -0.383 e. The predicted molar refractivity (Wildman–Crippen MR) is 82.2 cm³/mol. The highest BCUT2D eigenvalue weighted by molar-refractivity contribution is 5.28. The normalized spacial score (nSPS) is 16.2. The van der Waals surface area contributed by atoms with Crippen molar-refractivity contribution in [1.29, 1.82) is 0 Å². The monoisotopic (exact) mass is 280 g/mol. The molecule has 0 aliphatic heterocycles. The molecule has 1 aromatic heterocycles. The van der Waals surface area contributed by atoms with Crippen LogP contribution in [0.1, 0.15) is 31.4 Å². The van der Waals surface area contributed by atoms with Crippen LogP contribution >= 0.6 is 0 Å². The van der Waals surface area contributed by atoms with Gasteiger partial charge in [0.05, 0.1) is 12.3 Å². The number of ether oxygens (including phenoxy) is 1. The number of aromatic nitrogens is 2. The molecule has 5 nitrogen and oxygen atoms in total. The predicted octanol–water partition coefficient (Wildman–Crippen LogP) is 2.12. The Morgan fingerprint density at radius 1 is 1.45 bits per heavy atom. The van der Waals surface area contributed by atoms with E-state index in [-0.39, 0.29) is 0 Å². The van der Waals surface area contributed by atoms with Crippen molar-refractivity contribution in [2.45, 2.75) is 45.2 Å². The van der Waals surface area contributed by atoms with Crippen molar-refractivity contribution in [3.05, 3.63) is 11.9 Å². The number of methoxy groups -OCH3 is 1. The number of nitrogens with zero attached hydrogens (tertiary/aromatic N) is 3. The molecule has 114 valence electrons. The second-order valence-corrected chi connectivity index (χ2v) is 5.74. The van der Waals surface area contributed by atoms with Crippen molar-refractivity contribution in [2.75, 3.05) is 39.2 Å². The highest BCUT2D eigenvalue weighted by Gasteiger charge is 2.19. The highest BCUT2D eigenvalue weighted by atomic mass is 16.5. The summed E-state index contributed by atoms with van der Waals surface area (Å²) in [7, 11) is 3.97. The second kappa shape index (κ2) is 7.64. The average molecular weight is 280 g/mol. The largest absolute Gasteiger partial charge is 0.383 e. The van der Waals surface area contributed by atoms with Crippen LogP contribution in [0.15, 0.2) is 6.20 Å². The molecule has 5 heteroatoms. The molecular formula is C15H28N4O. The maximum absolute atomic E-state index is 5.07. The van der Waals surface area contributed by atoms with Crippen molar-refractivity contribution < 1.29 is 4.74 Å². The second-order valence-electron chi connectivity index (χ2n) is 5.74. The minimum absolute atomic E-state index is 0.702. The quantitative estimate of drug-likeness (QED) is 0.741. The lowest BCUT2D eigenvalue weighted by Gasteiger charge is -2.24. The van der Waals surface area contributed by atoms with Crippen LogP contribution in [0, 0.1) is 6.92 Å². The van der Waals surface area contributed by atoms with Crippen LogP contribution in [0.5, 0.6) is 0 Å². The third kappa shape index (κ3) is 4.21. The van der Waals surface area contributed by atoms with Crippen LogP contribution in [-0.2, 0) is 11.3 Å². The number of hydrogen-bond donors (Lipinski definition) is 1. The van der Waals surface area contributed by atoms with Crippen LogP contribution in [0.2, 0.25) is 0 Å². The fraction of sp³-hybridized carbons (Fsp3) is 0.800. The Kier molecular flexibility index (Phi) is 5.86. The molecule has 0 unspecified atom stereocenters. The molecule has 0 atom stereocenters. The van der Waals surface area contributed by atoms with Crippen LogP contribution < -0.4 is 5.32 Å². The standard InChI is InChI=1S/C15H28N4O/c1-13-12-19(15(17-13)16-8-11-20-3)10-9-18(2)14-6-4-5-7-14/h12,14H,4-11H2,1-3H3,(H,16,17). The summed E-state index contributed by atoms with van der Waals surface area (Å²) in [6.45, 7) is 5.61. The first-order valence-electron chi connectivity index (χ1n) is 7.67. The van der Waals surface area contributed by atoms with Gasteiger partial charge in [-0.1, -0.05) is 12.8 Å². The Hall–Kier alpha value is -1.07. The van der Waals surface area contributed by atoms with E-state index in [1.165, 1.54) is 25.7 Å². The lowest BCUT2D eigenvalue weighted by atomic mass is 10.2. The summed E-state index contributed by atoms with van der Waals surface area (Å²) in [6, 6.07) is 0.782. The minimum atomic E-state index is 0.702. The van der Waals surface area contributed by atoms with Crippen molar-refractivity contribution in [3.8, 4) is 0 Å². The number of rotatable bonds is 8. The molecule has 0 amide bonds. The Morgan fingerprint density at radius 3 is 2.90 bits per heavy atom. The Labute approximate surface area is 122 Å². The highest BCUT2D eigenvalue weighted by Crippen LogP contribution is 2.22. The first-order valence-corrected chi connectivity index (χ1v) is 7.67. The van der Waals surface area contributed by atoms with Gasteiger partial charge in [-0.15, -0.1) is 0 Å². The van der Waals surface area contributed by atoms with E-state index in [1.54, 1.807) is 7.11 Å². The van der Waals surface area contributed by atoms with E-state index in [9.17, 15) is 0 Å². The van der Waals surface area contributed by atoms with Gasteiger partial charge in [-0.25, -0.2) is 4.98 Å². The third-order valence-electron chi connectivity index (χ3n) is 4.13. The molecule has 1 aliphatic rings. The summed E-state index contributed by atoms with van der Waals surface area (Å²) in [5, 5.41) is 3.34. The summed E-state index contributed by atoms with van der Waals surface area (Å²) in [6.07, 6.45) is 7.63. The molecule has 1 saturated carbocycles. The van der Waals surface area contributed by atoms with Crippen molar-refractivity contribution >= 4 is 5.95 Å². The van der Waals surface area contributed by atoms with Crippen LogP contribution in [0.4, 0.5) is 5.95 Å². The van der Waals surface area contributed by atoms with Crippen molar-refractivity contribution in [2.24, 2.45) is 0 Å². The smallest absolute Gasteiger partial charge is 0.203 e. The summed E-state index contributed by atoms with van der Waals surface area (Å²) in [5.74, 6) is 0.958. The van der Waals surface area contributed by atoms with Crippen LogP contribution in [-0.4, -0.2) is 54.3 Å². The third-order valence-corrected chi connectivity index (χ3v) is 4.13. The molecule has 1 heterocycles. The zero-order chi connectivity index (χ0) is 14.4. The van der Waals surface area contributed by atoms with Gasteiger partial charge in [0, 0.05) is 39.0 Å². The number of likely N-dealkylation sites (N-methyl/N-ethyl adjacent to an activating group) is 1. The fourth-order valence-corrected chi connectivity index (χ4v) is 2.92. The van der Waals surface area contributed by atoms with E-state index in [4.69, 9.17) is 4.74 Å². The van der Waals surface area contributed by atoms with Gasteiger partial charge in [0.25, 0.3) is 0 Å². The van der Waals surface area contributed by atoms with E-state index >= 15 is 0 Å². The summed E-state index contributed by atoms with van der Waals surface area (Å²) in [4.78, 5) is 7.04. The van der Waals surface area contributed by atoms with Crippen LogP contribution in [0.25, 0.3) is 0 Å². The maximum Gasteiger partial charge on any atom is 0.203 e. The lowest BCUT2D eigenvalue weighted by molar-refractivity contribution is 0.210. The Bertz CT molecular complexity index is 399. The van der Waals surface area contributed by atoms with Gasteiger partial charge in [0.2, 0.25) is 5.95 Å². The summed E-state index contributed by atoms with van der Waals surface area (Å²) in [5.41, 5.74) is 1.06. The molecule has 2 rings (SSSR count). The van der Waals surface area contributed by atoms with E-state index in [0.717, 1.165) is 37.3 Å². The first-order chi connectivity index (χ1) is 9.70. The number of anilines is 1. The van der Waals surface area contributed by atoms with E-state index in [0.29, 0.717) is 6.61 Å². The zero-order valence-electron chi connectivity index (χ0n) is 13.1. The summed E-state index contributed by atoms with van der Waals surface area (Å²) < 4.78 is 7.29. The van der Waals surface area contributed by atoms with E-state index in [2.05, 4.69) is 33.0 Å². The number of nitrogens with one attached hydrogen (secondary N) is 1. The topological polar surface area (TPSA) is 42.3 Å². The lowest BCUT2D eigenvalue weighted by Crippen LogP contribution is -2.32. The maximum atomic E-state index is 5.07. The number of imidazole rings is 1. The molecule has 0 aromatic carbocycles.